The summed E-state index contributed by atoms with van der Waals surface area (Å²) < 4.78 is 2.03. The van der Waals surface area contributed by atoms with Crippen LogP contribution in [0.25, 0.3) is 21.8 Å². The number of fused-ring (bicyclic) bond motifs is 2. The van der Waals surface area contributed by atoms with Crippen LogP contribution in [-0.4, -0.2) is 29.0 Å². The summed E-state index contributed by atoms with van der Waals surface area (Å²) in [6.07, 6.45) is 8.19. The van der Waals surface area contributed by atoms with E-state index in [9.17, 15) is 9.59 Å². The van der Waals surface area contributed by atoms with Crippen molar-refractivity contribution in [2.24, 2.45) is 23.2 Å². The normalized spacial score (nSPS) is 29.0. The Morgan fingerprint density at radius 1 is 0.903 bits per heavy atom. The van der Waals surface area contributed by atoms with Gasteiger partial charge in [-0.1, -0.05) is 24.3 Å². The molecule has 4 nitrogen and oxygen atoms in total. The van der Waals surface area contributed by atoms with Crippen molar-refractivity contribution in [1.82, 2.24) is 9.47 Å². The molecule has 4 aliphatic rings. The third-order valence-corrected chi connectivity index (χ3v) is 8.34. The summed E-state index contributed by atoms with van der Waals surface area (Å²) in [5.41, 5.74) is 2.05. The number of carbonyl (C=O) groups excluding carboxylic acids is 1. The van der Waals surface area contributed by atoms with Crippen molar-refractivity contribution in [3.63, 3.8) is 0 Å². The summed E-state index contributed by atoms with van der Waals surface area (Å²) in [6, 6.07) is 15.3. The number of hydrogen-bond acceptors (Lipinski definition) is 2. The van der Waals surface area contributed by atoms with Crippen LogP contribution in [0.3, 0.4) is 0 Å². The van der Waals surface area contributed by atoms with Gasteiger partial charge < -0.3 is 9.47 Å². The number of benzene rings is 2. The lowest BCUT2D eigenvalue weighted by Crippen LogP contribution is -2.51. The molecule has 7 rings (SSSR count). The van der Waals surface area contributed by atoms with Gasteiger partial charge in [-0.25, -0.2) is 0 Å². The number of carbonyl (C=O) groups is 1. The van der Waals surface area contributed by atoms with Crippen LogP contribution < -0.4 is 5.43 Å². The molecule has 1 amide bonds. The summed E-state index contributed by atoms with van der Waals surface area (Å²) in [4.78, 5) is 28.4. The third-order valence-electron chi connectivity index (χ3n) is 8.34. The van der Waals surface area contributed by atoms with Crippen molar-refractivity contribution in [2.45, 2.75) is 45.1 Å². The van der Waals surface area contributed by atoms with Gasteiger partial charge in [-0.05, 0) is 86.0 Å². The minimum absolute atomic E-state index is 0.0387. The number of amides is 1. The van der Waals surface area contributed by atoms with Crippen LogP contribution in [0, 0.1) is 23.2 Å². The van der Waals surface area contributed by atoms with Crippen LogP contribution in [0.1, 0.15) is 38.5 Å². The standard InChI is InChI=1S/C27H30N2O2/c1-28(17-27-13-18-10-19(14-27)12-20(11-18)15-27)25(30)16-29-23-8-4-2-6-21(23)26(31)22-7-3-5-9-24(22)29/h2-9,18-20H,10-17H2,1H3. The summed E-state index contributed by atoms with van der Waals surface area (Å²) in [7, 11) is 1.98. The van der Waals surface area contributed by atoms with Crippen molar-refractivity contribution in [3.05, 3.63) is 58.8 Å². The van der Waals surface area contributed by atoms with E-state index in [-0.39, 0.29) is 17.9 Å². The monoisotopic (exact) mass is 414 g/mol. The van der Waals surface area contributed by atoms with Crippen molar-refractivity contribution in [3.8, 4) is 0 Å². The van der Waals surface area contributed by atoms with Gasteiger partial charge in [0.2, 0.25) is 5.91 Å². The molecule has 0 aliphatic heterocycles. The lowest BCUT2D eigenvalue weighted by molar-refractivity contribution is -0.135. The Labute approximate surface area is 182 Å². The first-order chi connectivity index (χ1) is 15.0. The fraction of sp³-hybridized carbons (Fsp3) is 0.481. The van der Waals surface area contributed by atoms with Crippen LogP contribution in [0.2, 0.25) is 0 Å². The number of nitrogens with zero attached hydrogens (tertiary/aromatic N) is 2. The molecule has 0 unspecified atom stereocenters. The predicted molar refractivity (Wildman–Crippen MR) is 124 cm³/mol. The van der Waals surface area contributed by atoms with E-state index in [1.807, 2.05) is 65.0 Å². The first kappa shape index (κ1) is 19.1. The number of aromatic nitrogens is 1. The topological polar surface area (TPSA) is 42.3 Å². The van der Waals surface area contributed by atoms with E-state index in [0.29, 0.717) is 16.2 Å². The molecule has 4 fully saturated rings. The largest absolute Gasteiger partial charge is 0.344 e. The van der Waals surface area contributed by atoms with E-state index in [4.69, 9.17) is 0 Å². The molecule has 0 saturated heterocycles. The SMILES string of the molecule is CN(CC12CC3CC(CC(C3)C1)C2)C(=O)Cn1c2ccccc2c(=O)c2ccccc21. The molecule has 1 heterocycles. The summed E-state index contributed by atoms with van der Waals surface area (Å²) >= 11 is 0. The predicted octanol–water partition coefficient (Wildman–Crippen LogP) is 4.83. The fourth-order valence-electron chi connectivity index (χ4n) is 7.58. The van der Waals surface area contributed by atoms with Gasteiger partial charge in [0.05, 0.1) is 11.0 Å². The molecule has 2 aromatic carbocycles. The van der Waals surface area contributed by atoms with Crippen LogP contribution >= 0.6 is 0 Å². The Balaban J connectivity index is 1.32. The highest BCUT2D eigenvalue weighted by atomic mass is 16.2. The van der Waals surface area contributed by atoms with E-state index in [0.717, 1.165) is 35.3 Å². The second-order valence-electron chi connectivity index (χ2n) is 10.6. The smallest absolute Gasteiger partial charge is 0.242 e. The average Bonchev–Trinajstić information content (AvgIpc) is 2.75. The van der Waals surface area contributed by atoms with Crippen molar-refractivity contribution in [2.75, 3.05) is 13.6 Å². The third kappa shape index (κ3) is 3.10. The van der Waals surface area contributed by atoms with Gasteiger partial charge in [-0.2, -0.15) is 0 Å². The van der Waals surface area contributed by atoms with E-state index < -0.39 is 0 Å². The first-order valence-corrected chi connectivity index (χ1v) is 11.8. The van der Waals surface area contributed by atoms with Crippen molar-refractivity contribution < 1.29 is 4.79 Å². The molecule has 4 saturated carbocycles. The quantitative estimate of drug-likeness (QED) is 0.574. The van der Waals surface area contributed by atoms with E-state index in [1.165, 1.54) is 38.5 Å². The number of rotatable bonds is 4. The van der Waals surface area contributed by atoms with E-state index in [1.54, 1.807) is 0 Å². The molecule has 4 bridgehead atoms. The molecule has 160 valence electrons. The second kappa shape index (κ2) is 6.94. The fourth-order valence-corrected chi connectivity index (χ4v) is 7.58. The molecule has 4 heteroatoms. The van der Waals surface area contributed by atoms with Crippen molar-refractivity contribution >= 4 is 27.7 Å². The van der Waals surface area contributed by atoms with Gasteiger partial charge in [0.25, 0.3) is 0 Å². The van der Waals surface area contributed by atoms with Gasteiger partial charge in [0.1, 0.15) is 6.54 Å². The Morgan fingerprint density at radius 2 is 1.39 bits per heavy atom. The highest BCUT2D eigenvalue weighted by Crippen LogP contribution is 2.60. The van der Waals surface area contributed by atoms with Crippen LogP contribution in [0.5, 0.6) is 0 Å². The van der Waals surface area contributed by atoms with Crippen LogP contribution in [0.4, 0.5) is 0 Å². The van der Waals surface area contributed by atoms with E-state index in [2.05, 4.69) is 0 Å². The molecule has 1 aromatic heterocycles. The zero-order chi connectivity index (χ0) is 21.2. The molecular formula is C27H30N2O2. The Kier molecular flexibility index (Phi) is 4.28. The Bertz CT molecular complexity index is 1150. The highest BCUT2D eigenvalue weighted by molar-refractivity contribution is 5.94. The maximum Gasteiger partial charge on any atom is 0.242 e. The maximum absolute atomic E-state index is 13.4. The highest BCUT2D eigenvalue weighted by Gasteiger charge is 2.51. The van der Waals surface area contributed by atoms with Gasteiger partial charge in [-0.3, -0.25) is 9.59 Å². The summed E-state index contributed by atoms with van der Waals surface area (Å²) in [5, 5.41) is 1.36. The lowest BCUT2D eigenvalue weighted by Gasteiger charge is -2.57. The zero-order valence-corrected chi connectivity index (χ0v) is 18.2. The average molecular weight is 415 g/mol. The van der Waals surface area contributed by atoms with E-state index >= 15 is 0 Å². The molecular weight excluding hydrogens is 384 g/mol. The minimum Gasteiger partial charge on any atom is -0.344 e. The molecule has 31 heavy (non-hydrogen) atoms. The van der Waals surface area contributed by atoms with Crippen LogP contribution in [-0.2, 0) is 11.3 Å². The molecule has 3 aromatic rings. The minimum atomic E-state index is 0.0387. The lowest BCUT2D eigenvalue weighted by atomic mass is 9.49. The maximum atomic E-state index is 13.4. The molecule has 0 radical (unpaired) electrons. The molecule has 4 aliphatic carbocycles. The second-order valence-corrected chi connectivity index (χ2v) is 10.6. The number of likely N-dealkylation sites (N-methyl/N-ethyl adjacent to an activating group) is 1. The van der Waals surface area contributed by atoms with Gasteiger partial charge >= 0.3 is 0 Å². The summed E-state index contributed by atoms with van der Waals surface area (Å²) in [6.45, 7) is 1.15. The van der Waals surface area contributed by atoms with Gasteiger partial charge in [0, 0.05) is 24.4 Å². The van der Waals surface area contributed by atoms with Crippen molar-refractivity contribution in [1.29, 1.82) is 0 Å². The number of para-hydroxylation sites is 2. The molecule has 0 N–H and O–H groups in total. The first-order valence-electron chi connectivity index (χ1n) is 11.8. The Morgan fingerprint density at radius 3 is 1.90 bits per heavy atom. The zero-order valence-electron chi connectivity index (χ0n) is 18.2. The van der Waals surface area contributed by atoms with Gasteiger partial charge in [0.15, 0.2) is 5.43 Å². The molecule has 0 atom stereocenters. The number of pyridine rings is 1. The number of hydrogen-bond donors (Lipinski definition) is 0. The Hall–Kier alpha value is -2.62. The molecule has 0 spiro atoms. The van der Waals surface area contributed by atoms with Gasteiger partial charge in [-0.15, -0.1) is 0 Å². The summed E-state index contributed by atoms with van der Waals surface area (Å²) in [5.74, 6) is 2.81. The van der Waals surface area contributed by atoms with Crippen LogP contribution in [0.15, 0.2) is 53.3 Å².